The Hall–Kier alpha value is -2.53. The molecule has 158 valence electrons. The third-order valence-corrected chi connectivity index (χ3v) is 7.36. The van der Waals surface area contributed by atoms with Gasteiger partial charge in [0.1, 0.15) is 15.8 Å². The minimum atomic E-state index is -4.17. The molecule has 0 bridgehead atoms. The van der Waals surface area contributed by atoms with Crippen LogP contribution in [-0.2, 0) is 20.0 Å². The molecular weight excluding hydrogens is 473 g/mol. The Bertz CT molecular complexity index is 1300. The van der Waals surface area contributed by atoms with Crippen molar-refractivity contribution < 1.29 is 21.6 Å². The highest BCUT2D eigenvalue weighted by Crippen LogP contribution is 2.32. The summed E-state index contributed by atoms with van der Waals surface area (Å²) in [5.41, 5.74) is 0.0821. The molecule has 0 unspecified atom stereocenters. The van der Waals surface area contributed by atoms with E-state index in [-0.39, 0.29) is 37.1 Å². The first-order chi connectivity index (χ1) is 14.1. The van der Waals surface area contributed by atoms with Gasteiger partial charge in [-0.2, -0.15) is 0 Å². The second-order valence-electron chi connectivity index (χ2n) is 5.85. The molecule has 3 rings (SSSR count). The Morgan fingerprint density at radius 2 is 1.57 bits per heavy atom. The van der Waals surface area contributed by atoms with Crippen LogP contribution in [0.25, 0.3) is 0 Å². The number of anilines is 2. The zero-order chi connectivity index (χ0) is 21.9. The lowest BCUT2D eigenvalue weighted by atomic mass is 10.3. The standard InChI is InChI=1S/C18H15Cl2N3O5S2/c1-28-16-9-8-12(29(24,25)22-14-6-3-2-5-13(14)19)11-15(16)23-30(26,27)17-7-4-10-21-18(17)20/h2-11,22-23H,1H3. The van der Waals surface area contributed by atoms with Gasteiger partial charge in [0.2, 0.25) is 0 Å². The molecule has 0 amide bonds. The fourth-order valence-corrected chi connectivity index (χ4v) is 5.31. The molecule has 0 aliphatic carbocycles. The summed E-state index contributed by atoms with van der Waals surface area (Å²) < 4.78 is 60.8. The van der Waals surface area contributed by atoms with E-state index in [1.54, 1.807) is 12.1 Å². The summed E-state index contributed by atoms with van der Waals surface area (Å²) in [7, 11) is -6.92. The van der Waals surface area contributed by atoms with Gasteiger partial charge in [-0.3, -0.25) is 9.44 Å². The van der Waals surface area contributed by atoms with Crippen LogP contribution in [0.15, 0.2) is 70.6 Å². The van der Waals surface area contributed by atoms with Crippen LogP contribution in [0.4, 0.5) is 11.4 Å². The number of pyridine rings is 1. The third kappa shape index (κ3) is 4.78. The predicted octanol–water partition coefficient (Wildman–Crippen LogP) is 4.00. The molecule has 3 aromatic rings. The number of benzene rings is 2. The predicted molar refractivity (Wildman–Crippen MR) is 115 cm³/mol. The van der Waals surface area contributed by atoms with Crippen LogP contribution in [0.5, 0.6) is 5.75 Å². The largest absolute Gasteiger partial charge is 0.495 e. The molecule has 8 nitrogen and oxygen atoms in total. The summed E-state index contributed by atoms with van der Waals surface area (Å²) in [6.45, 7) is 0. The average molecular weight is 488 g/mol. The summed E-state index contributed by atoms with van der Waals surface area (Å²) in [4.78, 5) is 3.26. The number of methoxy groups -OCH3 is 1. The average Bonchev–Trinajstić information content (AvgIpc) is 2.69. The number of sulfonamides is 2. The van der Waals surface area contributed by atoms with Crippen molar-refractivity contribution >= 4 is 54.6 Å². The molecule has 1 aromatic heterocycles. The number of hydrogen-bond donors (Lipinski definition) is 2. The Morgan fingerprint density at radius 1 is 0.867 bits per heavy atom. The number of nitrogens with zero attached hydrogens (tertiary/aromatic N) is 1. The smallest absolute Gasteiger partial charge is 0.265 e. The first-order valence-electron chi connectivity index (χ1n) is 8.23. The fraction of sp³-hybridized carbons (Fsp3) is 0.0556. The normalized spacial score (nSPS) is 11.7. The molecule has 0 fully saturated rings. The van der Waals surface area contributed by atoms with Gasteiger partial charge in [-0.15, -0.1) is 0 Å². The zero-order valence-electron chi connectivity index (χ0n) is 15.3. The fourth-order valence-electron chi connectivity index (χ4n) is 2.45. The van der Waals surface area contributed by atoms with E-state index in [1.165, 1.54) is 49.7 Å². The molecule has 1 heterocycles. The van der Waals surface area contributed by atoms with E-state index in [0.29, 0.717) is 0 Å². The minimum absolute atomic E-state index is 0.0977. The van der Waals surface area contributed by atoms with Crippen LogP contribution in [0.1, 0.15) is 0 Å². The summed E-state index contributed by atoms with van der Waals surface area (Å²) in [5, 5.41) is -0.0186. The summed E-state index contributed by atoms with van der Waals surface area (Å²) in [6.07, 6.45) is 1.34. The van der Waals surface area contributed by atoms with Gasteiger partial charge in [0, 0.05) is 6.20 Å². The number of para-hydroxylation sites is 1. The topological polar surface area (TPSA) is 114 Å². The first-order valence-corrected chi connectivity index (χ1v) is 11.9. The van der Waals surface area contributed by atoms with Crippen molar-refractivity contribution in [2.75, 3.05) is 16.6 Å². The SMILES string of the molecule is COc1ccc(S(=O)(=O)Nc2ccccc2Cl)cc1NS(=O)(=O)c1cccnc1Cl. The maximum absolute atomic E-state index is 12.8. The number of hydrogen-bond acceptors (Lipinski definition) is 6. The molecule has 30 heavy (non-hydrogen) atoms. The van der Waals surface area contributed by atoms with Gasteiger partial charge in [0.05, 0.1) is 28.4 Å². The van der Waals surface area contributed by atoms with E-state index in [1.807, 2.05) is 0 Å². The zero-order valence-corrected chi connectivity index (χ0v) is 18.5. The molecule has 0 saturated heterocycles. The first kappa shape index (κ1) is 22.2. The second kappa shape index (κ2) is 8.68. The van der Waals surface area contributed by atoms with Crippen molar-refractivity contribution in [2.24, 2.45) is 0 Å². The highest BCUT2D eigenvalue weighted by molar-refractivity contribution is 7.93. The number of ether oxygens (including phenoxy) is 1. The monoisotopic (exact) mass is 487 g/mol. The van der Waals surface area contributed by atoms with Gasteiger partial charge in [-0.05, 0) is 42.5 Å². The van der Waals surface area contributed by atoms with Crippen molar-refractivity contribution in [2.45, 2.75) is 9.79 Å². The van der Waals surface area contributed by atoms with Gasteiger partial charge in [0.25, 0.3) is 20.0 Å². The number of nitrogens with one attached hydrogen (secondary N) is 2. The number of aromatic nitrogens is 1. The van der Waals surface area contributed by atoms with Gasteiger partial charge in [-0.25, -0.2) is 21.8 Å². The molecule has 0 atom stereocenters. The van der Waals surface area contributed by atoms with Crippen LogP contribution >= 0.6 is 23.2 Å². The van der Waals surface area contributed by atoms with Crippen LogP contribution < -0.4 is 14.2 Å². The summed E-state index contributed by atoms with van der Waals surface area (Å²) in [6, 6.07) is 12.7. The molecule has 0 saturated carbocycles. The van der Waals surface area contributed by atoms with E-state index >= 15 is 0 Å². The van der Waals surface area contributed by atoms with E-state index in [9.17, 15) is 16.8 Å². The van der Waals surface area contributed by atoms with Gasteiger partial charge < -0.3 is 4.74 Å². The highest BCUT2D eigenvalue weighted by atomic mass is 35.5. The molecule has 2 aromatic carbocycles. The molecular formula is C18H15Cl2N3O5S2. The van der Waals surface area contributed by atoms with Gasteiger partial charge >= 0.3 is 0 Å². The van der Waals surface area contributed by atoms with Crippen molar-refractivity contribution in [3.63, 3.8) is 0 Å². The van der Waals surface area contributed by atoms with E-state index in [0.717, 1.165) is 6.07 Å². The van der Waals surface area contributed by atoms with Crippen LogP contribution in [0.2, 0.25) is 10.2 Å². The maximum Gasteiger partial charge on any atom is 0.265 e. The molecule has 0 spiro atoms. The van der Waals surface area contributed by atoms with Gasteiger partial charge in [-0.1, -0.05) is 35.3 Å². The highest BCUT2D eigenvalue weighted by Gasteiger charge is 2.23. The third-order valence-electron chi connectivity index (χ3n) is 3.86. The molecule has 0 aliphatic heterocycles. The molecule has 0 aliphatic rings. The minimum Gasteiger partial charge on any atom is -0.495 e. The van der Waals surface area contributed by atoms with Crippen LogP contribution in [-0.4, -0.2) is 28.9 Å². The lowest BCUT2D eigenvalue weighted by Gasteiger charge is -2.15. The number of halogens is 2. The van der Waals surface area contributed by atoms with Crippen LogP contribution in [0.3, 0.4) is 0 Å². The van der Waals surface area contributed by atoms with E-state index in [2.05, 4.69) is 14.4 Å². The lowest BCUT2D eigenvalue weighted by molar-refractivity contribution is 0.416. The summed E-state index contributed by atoms with van der Waals surface area (Å²) in [5.74, 6) is 0.107. The Balaban J connectivity index is 2.00. The maximum atomic E-state index is 12.8. The number of rotatable bonds is 7. The van der Waals surface area contributed by atoms with Crippen molar-refractivity contribution in [1.82, 2.24) is 4.98 Å². The molecule has 0 radical (unpaired) electrons. The quantitative estimate of drug-likeness (QED) is 0.486. The Morgan fingerprint density at radius 3 is 2.23 bits per heavy atom. The molecule has 12 heteroatoms. The van der Waals surface area contributed by atoms with Crippen LogP contribution in [0, 0.1) is 0 Å². The summed E-state index contributed by atoms with van der Waals surface area (Å²) >= 11 is 11.9. The van der Waals surface area contributed by atoms with E-state index < -0.39 is 20.0 Å². The van der Waals surface area contributed by atoms with Crippen molar-refractivity contribution in [1.29, 1.82) is 0 Å². The Kier molecular flexibility index (Phi) is 6.41. The molecule has 2 N–H and O–H groups in total. The van der Waals surface area contributed by atoms with Gasteiger partial charge in [0.15, 0.2) is 0 Å². The second-order valence-corrected chi connectivity index (χ2v) is 9.94. The lowest BCUT2D eigenvalue weighted by Crippen LogP contribution is -2.17. The Labute approximate surface area is 183 Å². The van der Waals surface area contributed by atoms with Crippen molar-refractivity contribution in [3.8, 4) is 5.75 Å². The van der Waals surface area contributed by atoms with Crippen molar-refractivity contribution in [3.05, 3.63) is 71.0 Å². The van der Waals surface area contributed by atoms with E-state index in [4.69, 9.17) is 27.9 Å².